The Morgan fingerprint density at radius 2 is 1.88 bits per heavy atom. The molecule has 0 aromatic heterocycles. The van der Waals surface area contributed by atoms with Crippen LogP contribution in [0.3, 0.4) is 0 Å². The largest absolute Gasteiger partial charge is 0.341 e. The summed E-state index contributed by atoms with van der Waals surface area (Å²) in [5.41, 5.74) is 6.59. The van der Waals surface area contributed by atoms with Crippen molar-refractivity contribution in [3.8, 4) is 0 Å². The molecule has 0 bridgehead atoms. The monoisotopic (exact) mass is 238 g/mol. The molecule has 2 unspecified atom stereocenters. The predicted molar refractivity (Wildman–Crippen MR) is 65.7 cm³/mol. The van der Waals surface area contributed by atoms with Crippen LogP contribution in [0.1, 0.15) is 19.4 Å². The van der Waals surface area contributed by atoms with E-state index in [4.69, 9.17) is 5.73 Å². The Morgan fingerprint density at radius 1 is 1.35 bits per heavy atom. The van der Waals surface area contributed by atoms with E-state index in [9.17, 15) is 9.18 Å². The number of rotatable bonds is 4. The third-order valence-electron chi connectivity index (χ3n) is 2.89. The molecular formula is C13H19FN2O. The van der Waals surface area contributed by atoms with Crippen molar-refractivity contribution in [1.29, 1.82) is 0 Å². The average molecular weight is 238 g/mol. The van der Waals surface area contributed by atoms with Crippen LogP contribution in [0.2, 0.25) is 0 Å². The van der Waals surface area contributed by atoms with E-state index in [-0.39, 0.29) is 23.7 Å². The Labute approximate surface area is 101 Å². The van der Waals surface area contributed by atoms with Gasteiger partial charge in [-0.2, -0.15) is 0 Å². The van der Waals surface area contributed by atoms with Gasteiger partial charge in [-0.1, -0.05) is 19.1 Å². The highest BCUT2D eigenvalue weighted by atomic mass is 19.1. The Bertz CT molecular complexity index is 376. The van der Waals surface area contributed by atoms with Crippen LogP contribution < -0.4 is 5.73 Å². The molecule has 0 fully saturated rings. The fourth-order valence-electron chi connectivity index (χ4n) is 1.51. The van der Waals surface area contributed by atoms with Gasteiger partial charge >= 0.3 is 0 Å². The van der Waals surface area contributed by atoms with Crippen molar-refractivity contribution in [3.63, 3.8) is 0 Å². The highest BCUT2D eigenvalue weighted by Gasteiger charge is 2.20. The molecule has 0 aliphatic heterocycles. The van der Waals surface area contributed by atoms with E-state index in [1.54, 1.807) is 24.1 Å². The first-order valence-electron chi connectivity index (χ1n) is 5.67. The fraction of sp³-hybridized carbons (Fsp3) is 0.462. The van der Waals surface area contributed by atoms with Crippen molar-refractivity contribution in [2.24, 2.45) is 11.7 Å². The summed E-state index contributed by atoms with van der Waals surface area (Å²) in [7, 11) is 1.73. The predicted octanol–water partition coefficient (Wildman–Crippen LogP) is 1.77. The zero-order valence-corrected chi connectivity index (χ0v) is 10.5. The smallest absolute Gasteiger partial charge is 0.226 e. The highest BCUT2D eigenvalue weighted by molar-refractivity contribution is 5.78. The number of carbonyl (C=O) groups is 1. The number of halogens is 1. The lowest BCUT2D eigenvalue weighted by molar-refractivity contribution is -0.134. The molecule has 2 atom stereocenters. The van der Waals surface area contributed by atoms with Crippen LogP contribution in [0.15, 0.2) is 24.3 Å². The number of nitrogens with two attached hydrogens (primary N) is 1. The molecule has 0 spiro atoms. The zero-order chi connectivity index (χ0) is 13.0. The van der Waals surface area contributed by atoms with Crippen molar-refractivity contribution < 1.29 is 9.18 Å². The molecule has 3 nitrogen and oxygen atoms in total. The molecule has 1 amide bonds. The molecule has 0 aliphatic carbocycles. The number of nitrogens with zero attached hydrogens (tertiary/aromatic N) is 1. The van der Waals surface area contributed by atoms with Gasteiger partial charge in [0.15, 0.2) is 0 Å². The van der Waals surface area contributed by atoms with Gasteiger partial charge in [-0.3, -0.25) is 4.79 Å². The third kappa shape index (κ3) is 3.82. The van der Waals surface area contributed by atoms with Gasteiger partial charge in [0, 0.05) is 19.6 Å². The molecule has 2 N–H and O–H groups in total. The second kappa shape index (κ2) is 5.77. The molecular weight excluding hydrogens is 219 g/mol. The highest BCUT2D eigenvalue weighted by Crippen LogP contribution is 2.10. The van der Waals surface area contributed by atoms with Gasteiger partial charge in [-0.05, 0) is 24.6 Å². The van der Waals surface area contributed by atoms with Crippen molar-refractivity contribution in [2.75, 3.05) is 7.05 Å². The molecule has 4 heteroatoms. The van der Waals surface area contributed by atoms with E-state index in [0.717, 1.165) is 5.56 Å². The number of carbonyl (C=O) groups excluding carboxylic acids is 1. The van der Waals surface area contributed by atoms with Crippen LogP contribution in [0, 0.1) is 11.7 Å². The quantitative estimate of drug-likeness (QED) is 0.869. The summed E-state index contributed by atoms with van der Waals surface area (Å²) in [6, 6.07) is 5.97. The topological polar surface area (TPSA) is 46.3 Å². The third-order valence-corrected chi connectivity index (χ3v) is 2.89. The first-order chi connectivity index (χ1) is 7.91. The summed E-state index contributed by atoms with van der Waals surface area (Å²) in [5.74, 6) is -0.476. The normalized spacial score (nSPS) is 14.2. The fourth-order valence-corrected chi connectivity index (χ4v) is 1.51. The summed E-state index contributed by atoms with van der Waals surface area (Å²) in [6.07, 6.45) is 0. The minimum atomic E-state index is -0.272. The van der Waals surface area contributed by atoms with Gasteiger partial charge < -0.3 is 10.6 Å². The lowest BCUT2D eigenvalue weighted by atomic mass is 10.0. The number of hydrogen-bond donors (Lipinski definition) is 1. The maximum absolute atomic E-state index is 12.7. The maximum atomic E-state index is 12.7. The lowest BCUT2D eigenvalue weighted by Gasteiger charge is -2.23. The van der Waals surface area contributed by atoms with Crippen LogP contribution in [0.5, 0.6) is 0 Å². The second-order valence-corrected chi connectivity index (χ2v) is 4.47. The lowest BCUT2D eigenvalue weighted by Crippen LogP contribution is -2.39. The van der Waals surface area contributed by atoms with E-state index < -0.39 is 0 Å². The van der Waals surface area contributed by atoms with Gasteiger partial charge in [0.1, 0.15) is 5.82 Å². The summed E-state index contributed by atoms with van der Waals surface area (Å²) in [6.45, 7) is 4.10. The van der Waals surface area contributed by atoms with Crippen LogP contribution in [-0.4, -0.2) is 23.9 Å². The van der Waals surface area contributed by atoms with E-state index in [2.05, 4.69) is 0 Å². The Morgan fingerprint density at radius 3 is 2.35 bits per heavy atom. The average Bonchev–Trinajstić information content (AvgIpc) is 2.30. The van der Waals surface area contributed by atoms with E-state index in [1.807, 2.05) is 13.8 Å². The number of amides is 1. The van der Waals surface area contributed by atoms with Gasteiger partial charge in [-0.25, -0.2) is 4.39 Å². The summed E-state index contributed by atoms with van der Waals surface area (Å²) in [4.78, 5) is 13.5. The first-order valence-corrected chi connectivity index (χ1v) is 5.67. The molecule has 94 valence electrons. The van der Waals surface area contributed by atoms with Gasteiger partial charge in [0.2, 0.25) is 5.91 Å². The van der Waals surface area contributed by atoms with Gasteiger partial charge in [-0.15, -0.1) is 0 Å². The van der Waals surface area contributed by atoms with Crippen molar-refractivity contribution in [1.82, 2.24) is 4.90 Å². The molecule has 1 aromatic rings. The molecule has 1 rings (SSSR count). The second-order valence-electron chi connectivity index (χ2n) is 4.47. The molecule has 0 saturated carbocycles. The van der Waals surface area contributed by atoms with Gasteiger partial charge in [0.05, 0.1) is 5.92 Å². The van der Waals surface area contributed by atoms with Crippen molar-refractivity contribution >= 4 is 5.91 Å². The molecule has 0 aliphatic rings. The summed E-state index contributed by atoms with van der Waals surface area (Å²) < 4.78 is 12.7. The van der Waals surface area contributed by atoms with Crippen LogP contribution in [-0.2, 0) is 11.3 Å². The van der Waals surface area contributed by atoms with Crippen LogP contribution in [0.4, 0.5) is 4.39 Å². The van der Waals surface area contributed by atoms with E-state index in [0.29, 0.717) is 6.54 Å². The Hall–Kier alpha value is -1.42. The standard InChI is InChI=1S/C13H19FN2O/c1-9(10(2)15)13(17)16(3)8-11-4-6-12(14)7-5-11/h4-7,9-10H,8,15H2,1-3H3. The molecule has 0 radical (unpaired) electrons. The van der Waals surface area contributed by atoms with Crippen molar-refractivity contribution in [3.05, 3.63) is 35.6 Å². The van der Waals surface area contributed by atoms with Gasteiger partial charge in [0.25, 0.3) is 0 Å². The van der Waals surface area contributed by atoms with Crippen molar-refractivity contribution in [2.45, 2.75) is 26.4 Å². The Kier molecular flexibility index (Phi) is 4.63. The summed E-state index contributed by atoms with van der Waals surface area (Å²) in [5, 5.41) is 0. The van der Waals surface area contributed by atoms with Crippen LogP contribution >= 0.6 is 0 Å². The maximum Gasteiger partial charge on any atom is 0.226 e. The van der Waals surface area contributed by atoms with E-state index >= 15 is 0 Å². The van der Waals surface area contributed by atoms with Crippen LogP contribution in [0.25, 0.3) is 0 Å². The minimum Gasteiger partial charge on any atom is -0.341 e. The number of hydrogen-bond acceptors (Lipinski definition) is 2. The Balaban J connectivity index is 2.63. The SMILES string of the molecule is CC(N)C(C)C(=O)N(C)Cc1ccc(F)cc1. The van der Waals surface area contributed by atoms with E-state index in [1.165, 1.54) is 12.1 Å². The minimum absolute atomic E-state index is 0.00400. The molecule has 17 heavy (non-hydrogen) atoms. The zero-order valence-electron chi connectivity index (χ0n) is 10.5. The molecule has 0 heterocycles. The number of benzene rings is 1. The molecule has 1 aromatic carbocycles. The first kappa shape index (κ1) is 13.6. The summed E-state index contributed by atoms with van der Waals surface area (Å²) >= 11 is 0. The molecule has 0 saturated heterocycles.